The van der Waals surface area contributed by atoms with Crippen molar-refractivity contribution in [3.05, 3.63) is 65.7 Å². The number of rotatable bonds is 3. The predicted molar refractivity (Wildman–Crippen MR) is 92.9 cm³/mol. The number of hydrogen-bond acceptors (Lipinski definition) is 3. The molecular formula is C18H13F3N2OS. The van der Waals surface area contributed by atoms with Crippen molar-refractivity contribution in [1.82, 2.24) is 4.98 Å². The second kappa shape index (κ2) is 6.76. The van der Waals surface area contributed by atoms with Gasteiger partial charge in [0.25, 0.3) is 5.91 Å². The standard InChI is InChI=1S/C18H13F3N2OS/c1-25-16-10-12(11-6-2-4-8-14(11)22-16)17(24)23-15-9-5-3-7-13(15)18(19,20)21/h2-10H,1H3,(H,23,24). The number of nitrogens with one attached hydrogen (secondary N) is 1. The normalized spacial score (nSPS) is 11.5. The highest BCUT2D eigenvalue weighted by atomic mass is 32.2. The molecule has 1 N–H and O–H groups in total. The molecule has 0 unspecified atom stereocenters. The molecule has 0 aliphatic carbocycles. The summed E-state index contributed by atoms with van der Waals surface area (Å²) in [4.78, 5) is 17.1. The van der Waals surface area contributed by atoms with E-state index in [2.05, 4.69) is 10.3 Å². The highest BCUT2D eigenvalue weighted by Gasteiger charge is 2.33. The topological polar surface area (TPSA) is 42.0 Å². The molecule has 0 aliphatic rings. The van der Waals surface area contributed by atoms with Crippen molar-refractivity contribution in [2.75, 3.05) is 11.6 Å². The van der Waals surface area contributed by atoms with Crippen LogP contribution in [0.15, 0.2) is 59.6 Å². The third-order valence-electron chi connectivity index (χ3n) is 3.63. The molecule has 0 saturated carbocycles. The van der Waals surface area contributed by atoms with Crippen LogP contribution in [0.25, 0.3) is 10.9 Å². The number of para-hydroxylation sites is 2. The van der Waals surface area contributed by atoms with Crippen LogP contribution < -0.4 is 5.32 Å². The quantitative estimate of drug-likeness (QED) is 0.649. The molecule has 0 bridgehead atoms. The highest BCUT2D eigenvalue weighted by molar-refractivity contribution is 7.98. The van der Waals surface area contributed by atoms with E-state index >= 15 is 0 Å². The molecule has 0 saturated heterocycles. The first kappa shape index (κ1) is 17.3. The van der Waals surface area contributed by atoms with Crippen LogP contribution in [0.1, 0.15) is 15.9 Å². The lowest BCUT2D eigenvalue weighted by Crippen LogP contribution is -2.17. The summed E-state index contributed by atoms with van der Waals surface area (Å²) in [5.74, 6) is -0.606. The zero-order chi connectivity index (χ0) is 18.0. The van der Waals surface area contributed by atoms with Gasteiger partial charge < -0.3 is 5.32 Å². The zero-order valence-corrected chi connectivity index (χ0v) is 13.9. The van der Waals surface area contributed by atoms with E-state index < -0.39 is 17.6 Å². The van der Waals surface area contributed by atoms with Gasteiger partial charge in [0.05, 0.1) is 27.4 Å². The minimum Gasteiger partial charge on any atom is -0.321 e. The van der Waals surface area contributed by atoms with Crippen LogP contribution in [-0.2, 0) is 6.18 Å². The minimum atomic E-state index is -4.55. The minimum absolute atomic E-state index is 0.272. The molecule has 7 heteroatoms. The second-order valence-corrected chi connectivity index (χ2v) is 6.05. The monoisotopic (exact) mass is 362 g/mol. The Hall–Kier alpha value is -2.54. The van der Waals surface area contributed by atoms with E-state index in [1.807, 2.05) is 6.26 Å². The average Bonchev–Trinajstić information content (AvgIpc) is 2.60. The maximum atomic E-state index is 13.1. The van der Waals surface area contributed by atoms with Crippen LogP contribution in [0.4, 0.5) is 18.9 Å². The molecule has 0 atom stereocenters. The summed E-state index contributed by atoms with van der Waals surface area (Å²) in [7, 11) is 0. The van der Waals surface area contributed by atoms with Gasteiger partial charge in [0.2, 0.25) is 0 Å². The Bertz CT molecular complexity index is 941. The van der Waals surface area contributed by atoms with Crippen molar-refractivity contribution < 1.29 is 18.0 Å². The highest BCUT2D eigenvalue weighted by Crippen LogP contribution is 2.35. The maximum absolute atomic E-state index is 13.1. The number of fused-ring (bicyclic) bond motifs is 1. The first-order chi connectivity index (χ1) is 11.9. The Morgan fingerprint density at radius 2 is 1.76 bits per heavy atom. The molecule has 128 valence electrons. The fourth-order valence-electron chi connectivity index (χ4n) is 2.47. The van der Waals surface area contributed by atoms with E-state index in [9.17, 15) is 18.0 Å². The molecule has 1 amide bonds. The Labute approximate surface area is 146 Å². The van der Waals surface area contributed by atoms with E-state index in [0.29, 0.717) is 15.9 Å². The van der Waals surface area contributed by atoms with E-state index in [1.54, 1.807) is 30.3 Å². The van der Waals surface area contributed by atoms with Gasteiger partial charge in [0, 0.05) is 5.39 Å². The molecule has 3 aromatic rings. The lowest BCUT2D eigenvalue weighted by Gasteiger charge is -2.14. The number of carbonyl (C=O) groups excluding carboxylic acids is 1. The van der Waals surface area contributed by atoms with Gasteiger partial charge in [-0.25, -0.2) is 4.98 Å². The molecule has 3 nitrogen and oxygen atoms in total. The summed E-state index contributed by atoms with van der Waals surface area (Å²) in [6.45, 7) is 0. The van der Waals surface area contributed by atoms with E-state index in [-0.39, 0.29) is 11.3 Å². The number of benzene rings is 2. The average molecular weight is 362 g/mol. The fourth-order valence-corrected chi connectivity index (χ4v) is 2.90. The number of aromatic nitrogens is 1. The number of hydrogen-bond donors (Lipinski definition) is 1. The van der Waals surface area contributed by atoms with Crippen molar-refractivity contribution in [3.63, 3.8) is 0 Å². The number of halogens is 3. The Morgan fingerprint density at radius 3 is 2.48 bits per heavy atom. The van der Waals surface area contributed by atoms with Gasteiger partial charge in [-0.1, -0.05) is 30.3 Å². The van der Waals surface area contributed by atoms with Crippen LogP contribution in [0, 0.1) is 0 Å². The summed E-state index contributed by atoms with van der Waals surface area (Å²) in [5.41, 5.74) is -0.256. The molecule has 25 heavy (non-hydrogen) atoms. The lowest BCUT2D eigenvalue weighted by atomic mass is 10.1. The number of nitrogens with zero attached hydrogens (tertiary/aromatic N) is 1. The number of alkyl halides is 3. The number of thioether (sulfide) groups is 1. The van der Waals surface area contributed by atoms with E-state index in [1.165, 1.54) is 30.0 Å². The number of carbonyl (C=O) groups is 1. The predicted octanol–water partition coefficient (Wildman–Crippen LogP) is 5.23. The number of amides is 1. The first-order valence-corrected chi connectivity index (χ1v) is 8.54. The summed E-state index contributed by atoms with van der Waals surface area (Å²) in [5, 5.41) is 3.58. The van der Waals surface area contributed by atoms with E-state index in [4.69, 9.17) is 0 Å². The van der Waals surface area contributed by atoms with Crippen LogP contribution in [0.3, 0.4) is 0 Å². The van der Waals surface area contributed by atoms with Crippen LogP contribution in [0.2, 0.25) is 0 Å². The van der Waals surface area contributed by atoms with Crippen LogP contribution >= 0.6 is 11.8 Å². The molecule has 0 spiro atoms. The van der Waals surface area contributed by atoms with Gasteiger partial charge in [-0.3, -0.25) is 4.79 Å². The van der Waals surface area contributed by atoms with Crippen molar-refractivity contribution in [2.24, 2.45) is 0 Å². The smallest absolute Gasteiger partial charge is 0.321 e. The molecule has 2 aromatic carbocycles. The molecule has 0 aliphatic heterocycles. The molecule has 0 radical (unpaired) electrons. The van der Waals surface area contributed by atoms with E-state index in [0.717, 1.165) is 6.07 Å². The molecule has 1 aromatic heterocycles. The summed E-state index contributed by atoms with van der Waals surface area (Å²) in [6, 6.07) is 13.5. The molecule has 0 fully saturated rings. The van der Waals surface area contributed by atoms with Gasteiger partial charge in [0.15, 0.2) is 0 Å². The first-order valence-electron chi connectivity index (χ1n) is 7.31. The summed E-state index contributed by atoms with van der Waals surface area (Å²) in [6.07, 6.45) is -2.73. The number of anilines is 1. The second-order valence-electron chi connectivity index (χ2n) is 5.23. The van der Waals surface area contributed by atoms with Crippen LogP contribution in [-0.4, -0.2) is 17.1 Å². The third kappa shape index (κ3) is 3.61. The fraction of sp³-hybridized carbons (Fsp3) is 0.111. The lowest BCUT2D eigenvalue weighted by molar-refractivity contribution is -0.136. The third-order valence-corrected chi connectivity index (χ3v) is 4.25. The Kier molecular flexibility index (Phi) is 4.67. The summed E-state index contributed by atoms with van der Waals surface area (Å²) >= 11 is 1.36. The Morgan fingerprint density at radius 1 is 1.08 bits per heavy atom. The summed E-state index contributed by atoms with van der Waals surface area (Å²) < 4.78 is 39.3. The van der Waals surface area contributed by atoms with Crippen molar-refractivity contribution in [2.45, 2.75) is 11.2 Å². The maximum Gasteiger partial charge on any atom is 0.418 e. The van der Waals surface area contributed by atoms with Gasteiger partial charge in [-0.05, 0) is 30.5 Å². The SMILES string of the molecule is CSc1cc(C(=O)Nc2ccccc2C(F)(F)F)c2ccccc2n1. The van der Waals surface area contributed by atoms with Gasteiger partial charge in [-0.2, -0.15) is 13.2 Å². The molecule has 3 rings (SSSR count). The van der Waals surface area contributed by atoms with Gasteiger partial charge in [-0.15, -0.1) is 11.8 Å². The Balaban J connectivity index is 2.05. The van der Waals surface area contributed by atoms with Crippen molar-refractivity contribution in [3.8, 4) is 0 Å². The molecule has 1 heterocycles. The zero-order valence-electron chi connectivity index (χ0n) is 13.1. The van der Waals surface area contributed by atoms with Gasteiger partial charge in [0.1, 0.15) is 0 Å². The van der Waals surface area contributed by atoms with Crippen LogP contribution in [0.5, 0.6) is 0 Å². The molecular weight excluding hydrogens is 349 g/mol. The largest absolute Gasteiger partial charge is 0.418 e. The number of pyridine rings is 1. The van der Waals surface area contributed by atoms with Crippen molar-refractivity contribution >= 4 is 34.3 Å². The van der Waals surface area contributed by atoms with Crippen molar-refractivity contribution in [1.29, 1.82) is 0 Å². The van der Waals surface area contributed by atoms with Gasteiger partial charge >= 0.3 is 6.18 Å².